The number of methoxy groups -OCH3 is 1. The van der Waals surface area contributed by atoms with Crippen molar-refractivity contribution in [2.75, 3.05) is 20.2 Å². The number of carbonyl (C=O) groups is 2. The predicted octanol–water partition coefficient (Wildman–Crippen LogP) is 2.57. The van der Waals surface area contributed by atoms with Gasteiger partial charge < -0.3 is 9.84 Å². The monoisotopic (exact) mass is 355 g/mol. The van der Waals surface area contributed by atoms with Gasteiger partial charge in [-0.15, -0.1) is 0 Å². The van der Waals surface area contributed by atoms with Crippen molar-refractivity contribution in [3.63, 3.8) is 0 Å². The number of benzene rings is 1. The smallest absolute Gasteiger partial charge is 0.328 e. The molecule has 2 unspecified atom stereocenters. The first-order valence-electron chi connectivity index (χ1n) is 7.11. The van der Waals surface area contributed by atoms with Crippen molar-refractivity contribution < 1.29 is 19.4 Å². The number of rotatable bonds is 4. The van der Waals surface area contributed by atoms with E-state index in [4.69, 9.17) is 21.4 Å². The van der Waals surface area contributed by atoms with Gasteiger partial charge in [-0.25, -0.2) is 9.59 Å². The number of carboxylic acid groups (broad SMARTS) is 1. The summed E-state index contributed by atoms with van der Waals surface area (Å²) in [5.41, 5.74) is 1.43. The van der Waals surface area contributed by atoms with Crippen molar-refractivity contribution in [1.29, 1.82) is 0 Å². The number of hydrogen-bond acceptors (Lipinski definition) is 5. The van der Waals surface area contributed by atoms with Gasteiger partial charge in [-0.1, -0.05) is 23.7 Å². The predicted molar refractivity (Wildman–Crippen MR) is 90.9 cm³/mol. The second-order valence-corrected chi connectivity index (χ2v) is 6.37. The van der Waals surface area contributed by atoms with E-state index in [0.29, 0.717) is 30.1 Å². The van der Waals surface area contributed by atoms with Crippen LogP contribution in [0.5, 0.6) is 0 Å². The van der Waals surface area contributed by atoms with Gasteiger partial charge in [0.2, 0.25) is 0 Å². The minimum Gasteiger partial charge on any atom is -0.478 e. The van der Waals surface area contributed by atoms with E-state index in [2.05, 4.69) is 12.6 Å². The summed E-state index contributed by atoms with van der Waals surface area (Å²) in [6.07, 6.45) is 1.82. The van der Waals surface area contributed by atoms with Crippen LogP contribution in [0.2, 0.25) is 5.02 Å². The summed E-state index contributed by atoms with van der Waals surface area (Å²) >= 11 is 10.3. The highest BCUT2D eigenvalue weighted by atomic mass is 35.5. The van der Waals surface area contributed by atoms with E-state index in [1.807, 2.05) is 4.90 Å². The van der Waals surface area contributed by atoms with Crippen LogP contribution < -0.4 is 0 Å². The van der Waals surface area contributed by atoms with Gasteiger partial charge in [0.15, 0.2) is 0 Å². The zero-order valence-corrected chi connectivity index (χ0v) is 14.3. The summed E-state index contributed by atoms with van der Waals surface area (Å²) in [5, 5.41) is 9.44. The van der Waals surface area contributed by atoms with Gasteiger partial charge >= 0.3 is 11.9 Å². The van der Waals surface area contributed by atoms with E-state index in [0.717, 1.165) is 5.56 Å². The number of esters is 1. The van der Waals surface area contributed by atoms with E-state index in [1.54, 1.807) is 24.3 Å². The summed E-state index contributed by atoms with van der Waals surface area (Å²) in [7, 11) is 1.34. The van der Waals surface area contributed by atoms with Gasteiger partial charge in [0.05, 0.1) is 7.11 Å². The highest BCUT2D eigenvalue weighted by molar-refractivity contribution is 7.81. The molecule has 5 nitrogen and oxygen atoms in total. The Bertz CT molecular complexity index is 617. The summed E-state index contributed by atoms with van der Waals surface area (Å²) in [4.78, 5) is 25.1. The van der Waals surface area contributed by atoms with Crippen molar-refractivity contribution in [2.24, 2.45) is 0 Å². The average molecular weight is 356 g/mol. The number of nitrogens with zero attached hydrogens (tertiary/aromatic N) is 1. The lowest BCUT2D eigenvalue weighted by molar-refractivity contribution is -0.147. The fraction of sp³-hybridized carbons (Fsp3) is 0.375. The lowest BCUT2D eigenvalue weighted by atomic mass is 9.98. The molecule has 1 saturated heterocycles. The van der Waals surface area contributed by atoms with E-state index in [-0.39, 0.29) is 11.2 Å². The van der Waals surface area contributed by atoms with E-state index in [9.17, 15) is 9.59 Å². The largest absolute Gasteiger partial charge is 0.478 e. The number of thiol groups is 1. The molecule has 1 aromatic rings. The molecule has 1 heterocycles. The van der Waals surface area contributed by atoms with Crippen LogP contribution in [-0.2, 0) is 14.3 Å². The SMILES string of the molecule is COC(=O)C(c1ccc(Cl)cc1)N1CCC(S)/C(=C/C(=O)O)C1. The third-order valence-corrected chi connectivity index (χ3v) is 4.63. The normalized spacial score (nSPS) is 21.9. The van der Waals surface area contributed by atoms with Crippen LogP contribution in [-0.4, -0.2) is 47.4 Å². The molecule has 1 aromatic carbocycles. The standard InChI is InChI=1S/C16H18ClNO4S/c1-22-16(21)15(10-2-4-12(17)5-3-10)18-7-6-13(23)11(9-18)8-14(19)20/h2-5,8,13,15,23H,6-7,9H2,1H3,(H,19,20)/b11-8+. The number of piperidine rings is 1. The Kier molecular flexibility index (Phi) is 6.10. The van der Waals surface area contributed by atoms with Crippen LogP contribution >= 0.6 is 24.2 Å². The lowest BCUT2D eigenvalue weighted by Gasteiger charge is -2.36. The van der Waals surface area contributed by atoms with Gasteiger partial charge in [0.1, 0.15) is 6.04 Å². The third-order valence-electron chi connectivity index (χ3n) is 3.79. The number of hydrogen-bond donors (Lipinski definition) is 2. The first-order chi connectivity index (χ1) is 10.9. The molecule has 0 aromatic heterocycles. The Balaban J connectivity index is 2.30. The van der Waals surface area contributed by atoms with E-state index in [1.165, 1.54) is 13.2 Å². The quantitative estimate of drug-likeness (QED) is 0.493. The van der Waals surface area contributed by atoms with Crippen LogP contribution in [0.15, 0.2) is 35.9 Å². The molecule has 1 aliphatic rings. The van der Waals surface area contributed by atoms with Gasteiger partial charge in [0, 0.05) is 29.4 Å². The van der Waals surface area contributed by atoms with Crippen molar-refractivity contribution in [3.8, 4) is 0 Å². The van der Waals surface area contributed by atoms with Crippen LogP contribution in [0.25, 0.3) is 0 Å². The minimum atomic E-state index is -1.01. The Morgan fingerprint density at radius 1 is 1.43 bits per heavy atom. The van der Waals surface area contributed by atoms with Gasteiger partial charge in [0.25, 0.3) is 0 Å². The maximum Gasteiger partial charge on any atom is 0.328 e. The molecule has 0 amide bonds. The lowest BCUT2D eigenvalue weighted by Crippen LogP contribution is -2.42. The maximum atomic E-state index is 12.3. The molecule has 23 heavy (non-hydrogen) atoms. The molecule has 0 spiro atoms. The number of halogens is 1. The summed E-state index contributed by atoms with van der Waals surface area (Å²) < 4.78 is 4.92. The summed E-state index contributed by atoms with van der Waals surface area (Å²) in [6, 6.07) is 6.38. The van der Waals surface area contributed by atoms with Crippen LogP contribution in [0.4, 0.5) is 0 Å². The molecule has 2 atom stereocenters. The molecule has 1 fully saturated rings. The molecule has 0 radical (unpaired) electrons. The zero-order chi connectivity index (χ0) is 17.0. The van der Waals surface area contributed by atoms with Crippen LogP contribution in [0, 0.1) is 0 Å². The molecule has 0 bridgehead atoms. The second-order valence-electron chi connectivity index (χ2n) is 5.31. The number of carbonyl (C=O) groups excluding carboxylic acids is 1. The molecule has 1 N–H and O–H groups in total. The minimum absolute atomic E-state index is 0.120. The van der Waals surface area contributed by atoms with Crippen LogP contribution in [0.3, 0.4) is 0 Å². The Morgan fingerprint density at radius 3 is 2.65 bits per heavy atom. The Hall–Kier alpha value is -1.50. The Labute approximate surface area is 145 Å². The van der Waals surface area contributed by atoms with Gasteiger partial charge in [-0.3, -0.25) is 4.90 Å². The molecular formula is C16H18ClNO4S. The topological polar surface area (TPSA) is 66.8 Å². The van der Waals surface area contributed by atoms with Crippen molar-refractivity contribution in [1.82, 2.24) is 4.90 Å². The molecule has 2 rings (SSSR count). The zero-order valence-electron chi connectivity index (χ0n) is 12.6. The molecular weight excluding hydrogens is 338 g/mol. The van der Waals surface area contributed by atoms with E-state index < -0.39 is 12.0 Å². The highest BCUT2D eigenvalue weighted by Gasteiger charge is 2.33. The molecule has 7 heteroatoms. The fourth-order valence-electron chi connectivity index (χ4n) is 2.67. The fourth-order valence-corrected chi connectivity index (χ4v) is 3.06. The van der Waals surface area contributed by atoms with Crippen molar-refractivity contribution >= 4 is 36.2 Å². The Morgan fingerprint density at radius 2 is 2.09 bits per heavy atom. The molecule has 0 aliphatic carbocycles. The van der Waals surface area contributed by atoms with E-state index >= 15 is 0 Å². The highest BCUT2D eigenvalue weighted by Crippen LogP contribution is 2.30. The van der Waals surface area contributed by atoms with Crippen molar-refractivity contribution in [2.45, 2.75) is 17.7 Å². The number of carboxylic acids is 1. The molecule has 124 valence electrons. The third kappa shape index (κ3) is 4.50. The second kappa shape index (κ2) is 7.86. The summed E-state index contributed by atoms with van der Waals surface area (Å²) in [6.45, 7) is 0.969. The average Bonchev–Trinajstić information content (AvgIpc) is 2.51. The molecule has 1 aliphatic heterocycles. The number of ether oxygens (including phenoxy) is 1. The van der Waals surface area contributed by atoms with Gasteiger partial charge in [-0.05, 0) is 29.7 Å². The van der Waals surface area contributed by atoms with Crippen molar-refractivity contribution in [3.05, 3.63) is 46.5 Å². The van der Waals surface area contributed by atoms with Crippen LogP contribution in [0.1, 0.15) is 18.0 Å². The number of likely N-dealkylation sites (tertiary alicyclic amines) is 1. The molecule has 0 saturated carbocycles. The first-order valence-corrected chi connectivity index (χ1v) is 8.00. The van der Waals surface area contributed by atoms with Gasteiger partial charge in [-0.2, -0.15) is 12.6 Å². The first kappa shape index (κ1) is 17.8. The summed E-state index contributed by atoms with van der Waals surface area (Å²) in [5.74, 6) is -1.40. The maximum absolute atomic E-state index is 12.3. The number of aliphatic carboxylic acids is 1.